The van der Waals surface area contributed by atoms with E-state index < -0.39 is 0 Å². The highest BCUT2D eigenvalue weighted by atomic mass is 15.4. The van der Waals surface area contributed by atoms with Crippen LogP contribution in [0.5, 0.6) is 0 Å². The first-order valence-electron chi connectivity index (χ1n) is 8.08. The van der Waals surface area contributed by atoms with Crippen LogP contribution < -0.4 is 0 Å². The highest BCUT2D eigenvalue weighted by Gasteiger charge is 2.18. The van der Waals surface area contributed by atoms with Gasteiger partial charge < -0.3 is 4.57 Å². The molecule has 0 amide bonds. The molecule has 2 aromatic heterocycles. The van der Waals surface area contributed by atoms with Crippen LogP contribution in [-0.2, 0) is 19.5 Å². The van der Waals surface area contributed by atoms with Crippen LogP contribution in [0.3, 0.4) is 0 Å². The minimum Gasteiger partial charge on any atom is -0.313 e. The summed E-state index contributed by atoms with van der Waals surface area (Å²) in [5.74, 6) is 2.51. The molecule has 0 bridgehead atoms. The second-order valence-corrected chi connectivity index (χ2v) is 6.39. The van der Waals surface area contributed by atoms with Gasteiger partial charge in [-0.2, -0.15) is 0 Å². The summed E-state index contributed by atoms with van der Waals surface area (Å²) in [7, 11) is 0. The first-order chi connectivity index (χ1) is 10.6. The molecule has 0 fully saturated rings. The fourth-order valence-corrected chi connectivity index (χ4v) is 2.86. The average molecular weight is 300 g/mol. The molecule has 3 heterocycles. The lowest BCUT2D eigenvalue weighted by Gasteiger charge is -2.05. The number of allylic oxidation sites excluding steroid dienone is 2. The van der Waals surface area contributed by atoms with Gasteiger partial charge in [0.25, 0.3) is 0 Å². The molecule has 118 valence electrons. The van der Waals surface area contributed by atoms with Crippen molar-refractivity contribution < 1.29 is 0 Å². The highest BCUT2D eigenvalue weighted by molar-refractivity contribution is 5.05. The van der Waals surface area contributed by atoms with Crippen molar-refractivity contribution in [3.8, 4) is 0 Å². The standard InChI is InChI=1S/C16H24N6/c1-12(2)6-4-7-13(3)14-10-21(20-17-14)11-16-19-18-15-8-5-9-22(15)16/h6,10,13H,4-5,7-9,11H2,1-3H3. The molecule has 0 saturated carbocycles. The van der Waals surface area contributed by atoms with Crippen molar-refractivity contribution in [1.82, 2.24) is 29.8 Å². The molecule has 6 heteroatoms. The third-order valence-corrected chi connectivity index (χ3v) is 4.20. The minimum absolute atomic E-state index is 0.425. The Balaban J connectivity index is 1.62. The van der Waals surface area contributed by atoms with Gasteiger partial charge in [-0.25, -0.2) is 4.68 Å². The van der Waals surface area contributed by atoms with E-state index >= 15 is 0 Å². The average Bonchev–Trinajstić information content (AvgIpc) is 3.17. The molecule has 0 aliphatic carbocycles. The highest BCUT2D eigenvalue weighted by Crippen LogP contribution is 2.19. The third kappa shape index (κ3) is 3.26. The van der Waals surface area contributed by atoms with Gasteiger partial charge >= 0.3 is 0 Å². The predicted octanol–water partition coefficient (Wildman–Crippen LogP) is 2.71. The molecule has 0 saturated heterocycles. The molecule has 2 aromatic rings. The fraction of sp³-hybridized carbons (Fsp3) is 0.625. The molecule has 0 spiro atoms. The van der Waals surface area contributed by atoms with Crippen molar-refractivity contribution in [2.75, 3.05) is 0 Å². The maximum atomic E-state index is 4.32. The van der Waals surface area contributed by atoms with Gasteiger partial charge in [-0.3, -0.25) is 0 Å². The van der Waals surface area contributed by atoms with E-state index in [1.807, 2.05) is 10.9 Å². The molecule has 0 radical (unpaired) electrons. The van der Waals surface area contributed by atoms with E-state index in [0.717, 1.165) is 43.1 Å². The van der Waals surface area contributed by atoms with Crippen LogP contribution in [0, 0.1) is 0 Å². The van der Waals surface area contributed by atoms with Crippen molar-refractivity contribution in [3.05, 3.63) is 35.2 Å². The van der Waals surface area contributed by atoms with E-state index in [0.29, 0.717) is 12.5 Å². The van der Waals surface area contributed by atoms with E-state index in [1.54, 1.807) is 0 Å². The molecule has 1 unspecified atom stereocenters. The molecular weight excluding hydrogens is 276 g/mol. The van der Waals surface area contributed by atoms with Crippen LogP contribution >= 0.6 is 0 Å². The molecule has 1 aliphatic heterocycles. The Morgan fingerprint density at radius 2 is 2.18 bits per heavy atom. The van der Waals surface area contributed by atoms with Crippen molar-refractivity contribution in [3.63, 3.8) is 0 Å². The van der Waals surface area contributed by atoms with Crippen LogP contribution in [0.15, 0.2) is 17.8 Å². The first kappa shape index (κ1) is 14.9. The monoisotopic (exact) mass is 300 g/mol. The summed E-state index contributed by atoms with van der Waals surface area (Å²) in [6, 6.07) is 0. The summed E-state index contributed by atoms with van der Waals surface area (Å²) in [4.78, 5) is 0. The zero-order chi connectivity index (χ0) is 15.5. The van der Waals surface area contributed by atoms with E-state index in [4.69, 9.17) is 0 Å². The Morgan fingerprint density at radius 1 is 1.32 bits per heavy atom. The van der Waals surface area contributed by atoms with E-state index in [1.165, 1.54) is 12.0 Å². The molecule has 6 nitrogen and oxygen atoms in total. The molecule has 0 N–H and O–H groups in total. The van der Waals surface area contributed by atoms with Crippen LogP contribution in [-0.4, -0.2) is 29.8 Å². The van der Waals surface area contributed by atoms with Crippen molar-refractivity contribution >= 4 is 0 Å². The van der Waals surface area contributed by atoms with Gasteiger partial charge in [0.1, 0.15) is 12.4 Å². The van der Waals surface area contributed by atoms with Gasteiger partial charge in [-0.05, 0) is 33.1 Å². The van der Waals surface area contributed by atoms with E-state index in [2.05, 4.69) is 51.9 Å². The van der Waals surface area contributed by atoms with Crippen LogP contribution in [0.25, 0.3) is 0 Å². The van der Waals surface area contributed by atoms with Crippen LogP contribution in [0.1, 0.15) is 63.3 Å². The topological polar surface area (TPSA) is 61.4 Å². The van der Waals surface area contributed by atoms with Crippen molar-refractivity contribution in [2.24, 2.45) is 0 Å². The van der Waals surface area contributed by atoms with Gasteiger partial charge in [0.05, 0.1) is 5.69 Å². The second-order valence-electron chi connectivity index (χ2n) is 6.39. The van der Waals surface area contributed by atoms with Gasteiger partial charge in [0, 0.05) is 25.1 Å². The Hall–Kier alpha value is -1.98. The molecular formula is C16H24N6. The maximum Gasteiger partial charge on any atom is 0.154 e. The zero-order valence-electron chi connectivity index (χ0n) is 13.7. The van der Waals surface area contributed by atoms with Crippen LogP contribution in [0.4, 0.5) is 0 Å². The van der Waals surface area contributed by atoms with Gasteiger partial charge in [0.15, 0.2) is 5.82 Å². The van der Waals surface area contributed by atoms with Crippen molar-refractivity contribution in [2.45, 2.75) is 65.5 Å². The number of hydrogen-bond donors (Lipinski definition) is 0. The fourth-order valence-electron chi connectivity index (χ4n) is 2.86. The SMILES string of the molecule is CC(C)=CCCC(C)c1cn(Cc2nnc3n2CCC3)nn1. The summed E-state index contributed by atoms with van der Waals surface area (Å²) in [6.07, 6.45) is 8.72. The van der Waals surface area contributed by atoms with E-state index in [-0.39, 0.29) is 0 Å². The lowest BCUT2D eigenvalue weighted by Crippen LogP contribution is -2.08. The maximum absolute atomic E-state index is 4.32. The Kier molecular flexibility index (Phi) is 4.36. The van der Waals surface area contributed by atoms with Gasteiger partial charge in [0.2, 0.25) is 0 Å². The van der Waals surface area contributed by atoms with Crippen molar-refractivity contribution in [1.29, 1.82) is 0 Å². The Morgan fingerprint density at radius 3 is 3.00 bits per heavy atom. The Bertz CT molecular complexity index is 662. The normalized spacial score (nSPS) is 14.9. The first-order valence-corrected chi connectivity index (χ1v) is 8.08. The number of aryl methyl sites for hydroxylation is 1. The predicted molar refractivity (Wildman–Crippen MR) is 84.5 cm³/mol. The number of aromatic nitrogens is 6. The summed E-state index contributed by atoms with van der Waals surface area (Å²) in [6.45, 7) is 8.16. The molecule has 3 rings (SSSR count). The molecule has 0 aromatic carbocycles. The number of hydrogen-bond acceptors (Lipinski definition) is 4. The van der Waals surface area contributed by atoms with Gasteiger partial charge in [-0.15, -0.1) is 15.3 Å². The quantitative estimate of drug-likeness (QED) is 0.770. The van der Waals surface area contributed by atoms with E-state index in [9.17, 15) is 0 Å². The summed E-state index contributed by atoms with van der Waals surface area (Å²) >= 11 is 0. The molecule has 22 heavy (non-hydrogen) atoms. The summed E-state index contributed by atoms with van der Waals surface area (Å²) in [5, 5.41) is 17.1. The largest absolute Gasteiger partial charge is 0.313 e. The molecule has 1 aliphatic rings. The lowest BCUT2D eigenvalue weighted by atomic mass is 10.0. The number of rotatable bonds is 6. The summed E-state index contributed by atoms with van der Waals surface area (Å²) in [5.41, 5.74) is 2.43. The number of nitrogens with zero attached hydrogens (tertiary/aromatic N) is 6. The minimum atomic E-state index is 0.425. The van der Waals surface area contributed by atoms with Gasteiger partial charge in [-0.1, -0.05) is 23.8 Å². The zero-order valence-corrected chi connectivity index (χ0v) is 13.7. The Labute approximate surface area is 131 Å². The third-order valence-electron chi connectivity index (χ3n) is 4.20. The smallest absolute Gasteiger partial charge is 0.154 e. The second kappa shape index (κ2) is 6.42. The summed E-state index contributed by atoms with van der Waals surface area (Å²) < 4.78 is 4.09. The number of fused-ring (bicyclic) bond motifs is 1. The molecule has 1 atom stereocenters. The van der Waals surface area contributed by atoms with Crippen LogP contribution in [0.2, 0.25) is 0 Å². The lowest BCUT2D eigenvalue weighted by molar-refractivity contribution is 0.586.